The van der Waals surface area contributed by atoms with Crippen LogP contribution in [0.1, 0.15) is 10.6 Å². The molecule has 0 aliphatic carbocycles. The van der Waals surface area contributed by atoms with E-state index >= 15 is 0 Å². The van der Waals surface area contributed by atoms with Gasteiger partial charge in [-0.15, -0.1) is 10.2 Å². The largest absolute Gasteiger partial charge is 0.496 e. The molecular weight excluding hydrogens is 306 g/mol. The molecule has 0 atom stereocenters. The first-order chi connectivity index (χ1) is 10.1. The van der Waals surface area contributed by atoms with E-state index in [0.717, 1.165) is 20.7 Å². The van der Waals surface area contributed by atoms with Gasteiger partial charge in [0.15, 0.2) is 4.34 Å². The zero-order chi connectivity index (χ0) is 15.2. The van der Waals surface area contributed by atoms with Crippen molar-refractivity contribution < 1.29 is 9.53 Å². The average molecular weight is 323 g/mol. The van der Waals surface area contributed by atoms with Crippen LogP contribution in [0.25, 0.3) is 0 Å². The van der Waals surface area contributed by atoms with Gasteiger partial charge in [-0.05, 0) is 13.0 Å². The van der Waals surface area contributed by atoms with Crippen LogP contribution >= 0.6 is 23.1 Å². The standard InChI is InChI=1S/C14H17N3O2S2/c1-10-15-16-14(21-10)20-9-13(18)17(2)8-11-6-4-5-7-12(11)19-3/h4-7H,8-9H2,1-3H3. The van der Waals surface area contributed by atoms with Crippen LogP contribution in [0.5, 0.6) is 5.75 Å². The van der Waals surface area contributed by atoms with Crippen LogP contribution in [0.4, 0.5) is 0 Å². The molecule has 0 saturated carbocycles. The van der Waals surface area contributed by atoms with Crippen molar-refractivity contribution in [3.05, 3.63) is 34.8 Å². The van der Waals surface area contributed by atoms with Crippen molar-refractivity contribution in [2.75, 3.05) is 19.9 Å². The molecule has 1 amide bonds. The molecule has 0 saturated heterocycles. The number of aromatic nitrogens is 2. The zero-order valence-corrected chi connectivity index (χ0v) is 13.8. The highest BCUT2D eigenvalue weighted by molar-refractivity contribution is 8.01. The first-order valence-corrected chi connectivity index (χ1v) is 8.19. The Kier molecular flexibility index (Phi) is 5.58. The predicted molar refractivity (Wildman–Crippen MR) is 84.8 cm³/mol. The maximum atomic E-state index is 12.1. The molecule has 1 aromatic carbocycles. The number of ether oxygens (including phenoxy) is 1. The second-order valence-corrected chi connectivity index (χ2v) is 6.84. The van der Waals surface area contributed by atoms with E-state index in [1.165, 1.54) is 23.1 Å². The second kappa shape index (κ2) is 7.42. The topological polar surface area (TPSA) is 55.3 Å². The summed E-state index contributed by atoms with van der Waals surface area (Å²) in [6.07, 6.45) is 0. The van der Waals surface area contributed by atoms with Gasteiger partial charge >= 0.3 is 0 Å². The van der Waals surface area contributed by atoms with E-state index < -0.39 is 0 Å². The van der Waals surface area contributed by atoms with Crippen molar-refractivity contribution in [1.29, 1.82) is 0 Å². The number of thioether (sulfide) groups is 1. The van der Waals surface area contributed by atoms with E-state index in [0.29, 0.717) is 12.3 Å². The summed E-state index contributed by atoms with van der Waals surface area (Å²) < 4.78 is 6.12. The van der Waals surface area contributed by atoms with Gasteiger partial charge in [-0.25, -0.2) is 0 Å². The van der Waals surface area contributed by atoms with Crippen molar-refractivity contribution in [2.45, 2.75) is 17.8 Å². The lowest BCUT2D eigenvalue weighted by atomic mass is 10.2. The van der Waals surface area contributed by atoms with E-state index in [1.807, 2.05) is 31.2 Å². The number of hydrogen-bond donors (Lipinski definition) is 0. The third-order valence-electron chi connectivity index (χ3n) is 2.85. The number of nitrogens with zero attached hydrogens (tertiary/aromatic N) is 3. The second-order valence-electron chi connectivity index (χ2n) is 4.44. The van der Waals surface area contributed by atoms with E-state index in [2.05, 4.69) is 10.2 Å². The number of aryl methyl sites for hydroxylation is 1. The lowest BCUT2D eigenvalue weighted by Gasteiger charge is -2.18. The number of benzene rings is 1. The monoisotopic (exact) mass is 323 g/mol. The molecule has 0 N–H and O–H groups in total. The Morgan fingerprint density at radius 3 is 2.81 bits per heavy atom. The van der Waals surface area contributed by atoms with Crippen LogP contribution in [-0.2, 0) is 11.3 Å². The number of hydrogen-bond acceptors (Lipinski definition) is 6. The van der Waals surface area contributed by atoms with Crippen LogP contribution in [0, 0.1) is 6.92 Å². The Morgan fingerprint density at radius 2 is 2.14 bits per heavy atom. The molecule has 7 heteroatoms. The number of carbonyl (C=O) groups is 1. The third kappa shape index (κ3) is 4.44. The Hall–Kier alpha value is -1.60. The molecule has 0 aliphatic rings. The molecule has 0 aliphatic heterocycles. The summed E-state index contributed by atoms with van der Waals surface area (Å²) in [6.45, 7) is 2.43. The number of rotatable bonds is 6. The molecule has 0 fully saturated rings. The van der Waals surface area contributed by atoms with Crippen LogP contribution in [0.15, 0.2) is 28.6 Å². The smallest absolute Gasteiger partial charge is 0.233 e. The predicted octanol–water partition coefficient (Wildman–Crippen LogP) is 2.61. The van der Waals surface area contributed by atoms with Gasteiger partial charge < -0.3 is 9.64 Å². The SMILES string of the molecule is COc1ccccc1CN(C)C(=O)CSc1nnc(C)s1. The normalized spacial score (nSPS) is 10.4. The van der Waals surface area contributed by atoms with Crippen molar-refractivity contribution in [1.82, 2.24) is 15.1 Å². The van der Waals surface area contributed by atoms with Gasteiger partial charge in [-0.1, -0.05) is 41.3 Å². The number of methoxy groups -OCH3 is 1. The molecule has 112 valence electrons. The fourth-order valence-electron chi connectivity index (χ4n) is 1.75. The number of para-hydroxylation sites is 1. The first kappa shape index (κ1) is 15.8. The maximum Gasteiger partial charge on any atom is 0.233 e. The Labute approximate surface area is 132 Å². The minimum Gasteiger partial charge on any atom is -0.496 e. The molecule has 1 heterocycles. The molecule has 0 radical (unpaired) electrons. The van der Waals surface area contributed by atoms with Gasteiger partial charge in [0.1, 0.15) is 10.8 Å². The van der Waals surface area contributed by atoms with Crippen molar-refractivity contribution in [3.63, 3.8) is 0 Å². The molecule has 0 bridgehead atoms. The zero-order valence-electron chi connectivity index (χ0n) is 12.2. The summed E-state index contributed by atoms with van der Waals surface area (Å²) in [5.74, 6) is 1.21. The Morgan fingerprint density at radius 1 is 1.38 bits per heavy atom. The van der Waals surface area contributed by atoms with Crippen LogP contribution in [-0.4, -0.2) is 40.9 Å². The summed E-state index contributed by atoms with van der Waals surface area (Å²) in [7, 11) is 3.43. The summed E-state index contributed by atoms with van der Waals surface area (Å²) in [5.41, 5.74) is 0.993. The van der Waals surface area contributed by atoms with E-state index in [1.54, 1.807) is 19.1 Å². The molecule has 0 unspecified atom stereocenters. The minimum absolute atomic E-state index is 0.0544. The molecule has 2 rings (SSSR count). The minimum atomic E-state index is 0.0544. The fraction of sp³-hybridized carbons (Fsp3) is 0.357. The quantitative estimate of drug-likeness (QED) is 0.765. The van der Waals surface area contributed by atoms with Gasteiger partial charge in [0.25, 0.3) is 0 Å². The fourth-order valence-corrected chi connectivity index (χ4v) is 3.50. The van der Waals surface area contributed by atoms with Gasteiger partial charge in [-0.2, -0.15) is 0 Å². The molecule has 1 aromatic heterocycles. The Balaban J connectivity index is 1.90. The van der Waals surface area contributed by atoms with Gasteiger partial charge in [-0.3, -0.25) is 4.79 Å². The van der Waals surface area contributed by atoms with Gasteiger partial charge in [0.2, 0.25) is 5.91 Å². The third-order valence-corrected chi connectivity index (χ3v) is 4.81. The van der Waals surface area contributed by atoms with Crippen molar-refractivity contribution in [2.24, 2.45) is 0 Å². The maximum absolute atomic E-state index is 12.1. The van der Waals surface area contributed by atoms with Gasteiger partial charge in [0, 0.05) is 19.2 Å². The van der Waals surface area contributed by atoms with Crippen LogP contribution in [0.3, 0.4) is 0 Å². The number of carbonyl (C=O) groups excluding carboxylic acids is 1. The highest BCUT2D eigenvalue weighted by atomic mass is 32.2. The van der Waals surface area contributed by atoms with Crippen molar-refractivity contribution in [3.8, 4) is 5.75 Å². The van der Waals surface area contributed by atoms with Crippen LogP contribution in [0.2, 0.25) is 0 Å². The van der Waals surface area contributed by atoms with Crippen molar-refractivity contribution >= 4 is 29.0 Å². The summed E-state index contributed by atoms with van der Waals surface area (Å²) in [4.78, 5) is 13.8. The lowest BCUT2D eigenvalue weighted by molar-refractivity contribution is -0.127. The van der Waals surface area contributed by atoms with E-state index in [9.17, 15) is 4.79 Å². The van der Waals surface area contributed by atoms with Crippen LogP contribution < -0.4 is 4.74 Å². The first-order valence-electron chi connectivity index (χ1n) is 6.39. The highest BCUT2D eigenvalue weighted by Gasteiger charge is 2.13. The molecule has 2 aromatic rings. The van der Waals surface area contributed by atoms with E-state index in [4.69, 9.17) is 4.74 Å². The summed E-state index contributed by atoms with van der Waals surface area (Å²) in [6, 6.07) is 7.71. The summed E-state index contributed by atoms with van der Waals surface area (Å²) >= 11 is 2.92. The van der Waals surface area contributed by atoms with E-state index in [-0.39, 0.29) is 5.91 Å². The molecule has 5 nitrogen and oxygen atoms in total. The summed E-state index contributed by atoms with van der Waals surface area (Å²) in [5, 5.41) is 8.84. The molecular formula is C14H17N3O2S2. The molecule has 0 spiro atoms. The highest BCUT2D eigenvalue weighted by Crippen LogP contribution is 2.23. The number of amides is 1. The Bertz CT molecular complexity index is 616. The lowest BCUT2D eigenvalue weighted by Crippen LogP contribution is -2.27. The average Bonchev–Trinajstić information content (AvgIpc) is 2.91. The molecule has 21 heavy (non-hydrogen) atoms. The van der Waals surface area contributed by atoms with Gasteiger partial charge in [0.05, 0.1) is 12.9 Å².